The van der Waals surface area contributed by atoms with E-state index in [1.54, 1.807) is 12.1 Å². The van der Waals surface area contributed by atoms with Gasteiger partial charge in [-0.05, 0) is 11.9 Å². The van der Waals surface area contributed by atoms with Crippen molar-refractivity contribution in [1.29, 1.82) is 0 Å². The number of aromatic nitrogens is 2. The van der Waals surface area contributed by atoms with Gasteiger partial charge in [0.25, 0.3) is 0 Å². The molecule has 6 nitrogen and oxygen atoms in total. The maximum Gasteiger partial charge on any atom is 0.324 e. The van der Waals surface area contributed by atoms with Crippen molar-refractivity contribution in [2.75, 3.05) is 0 Å². The number of rotatable bonds is 3. The number of ether oxygens (including phenoxy) is 1. The molecule has 125 valence electrons. The second kappa shape index (κ2) is 8.34. The minimum absolute atomic E-state index is 0. The number of aliphatic hydroxyl groups excluding tert-OH is 1. The first-order chi connectivity index (χ1) is 11.1. The van der Waals surface area contributed by atoms with Crippen LogP contribution in [-0.2, 0) is 37.4 Å². The van der Waals surface area contributed by atoms with E-state index in [9.17, 15) is 9.90 Å². The van der Waals surface area contributed by atoms with Crippen LogP contribution in [0.25, 0.3) is 0 Å². The van der Waals surface area contributed by atoms with Crippen LogP contribution >= 0.6 is 0 Å². The van der Waals surface area contributed by atoms with E-state index in [4.69, 9.17) is 4.74 Å². The van der Waals surface area contributed by atoms with Crippen LogP contribution < -0.4 is 11.2 Å². The van der Waals surface area contributed by atoms with Gasteiger partial charge in [0.2, 0.25) is 0 Å². The van der Waals surface area contributed by atoms with Gasteiger partial charge in [-0.3, -0.25) is 4.99 Å². The summed E-state index contributed by atoms with van der Waals surface area (Å²) in [5.74, 6) is -0.0276. The van der Waals surface area contributed by atoms with Crippen molar-refractivity contribution in [2.24, 2.45) is 10.9 Å². The van der Waals surface area contributed by atoms with Gasteiger partial charge in [0.1, 0.15) is 6.10 Å². The first kappa shape index (κ1) is 19.3. The molecule has 1 unspecified atom stereocenters. The Balaban J connectivity index is 0.00000208. The third-order valence-corrected chi connectivity index (χ3v) is 4.13. The van der Waals surface area contributed by atoms with E-state index in [2.05, 4.69) is 22.1 Å². The van der Waals surface area contributed by atoms with E-state index in [1.807, 2.05) is 26.0 Å². The first-order valence-electron chi connectivity index (χ1n) is 7.68. The normalized spacial score (nSPS) is 27.0. The third-order valence-electron chi connectivity index (χ3n) is 4.13. The average Bonchev–Trinajstić information content (AvgIpc) is 2.84. The predicted octanol–water partition coefficient (Wildman–Crippen LogP) is 1.31. The second-order valence-electron chi connectivity index (χ2n) is 5.64. The fourth-order valence-corrected chi connectivity index (χ4v) is 2.78. The Hall–Kier alpha value is -1.08. The fraction of sp³-hybridized carbons (Fsp3) is 0.412. The number of para-hydroxylation sites is 1. The summed E-state index contributed by atoms with van der Waals surface area (Å²) in [5.41, 5.74) is 0.515. The molecule has 1 radical (unpaired) electrons. The third kappa shape index (κ3) is 3.94. The van der Waals surface area contributed by atoms with Crippen molar-refractivity contribution in [1.82, 2.24) is 9.55 Å². The molecular formula is C17H19N3O3Y-2. The number of hydrogen-bond donors (Lipinski definition) is 2. The van der Waals surface area contributed by atoms with Gasteiger partial charge < -0.3 is 25.5 Å². The zero-order valence-corrected chi connectivity index (χ0v) is 16.5. The Morgan fingerprint density at radius 3 is 2.79 bits per heavy atom. The Morgan fingerprint density at radius 2 is 2.21 bits per heavy atom. The summed E-state index contributed by atoms with van der Waals surface area (Å²) in [6, 6.07) is 13.1. The van der Waals surface area contributed by atoms with E-state index in [1.165, 1.54) is 10.8 Å². The molecule has 0 aliphatic carbocycles. The van der Waals surface area contributed by atoms with Crippen LogP contribution in [0, 0.1) is 18.1 Å². The quantitative estimate of drug-likeness (QED) is 0.760. The number of aromatic amines is 1. The molecule has 1 aliphatic rings. The largest absolute Gasteiger partial charge is 0.410 e. The zero-order valence-electron chi connectivity index (χ0n) is 13.6. The molecule has 0 saturated carbocycles. The Kier molecular flexibility index (Phi) is 6.69. The van der Waals surface area contributed by atoms with Crippen molar-refractivity contribution in [3.63, 3.8) is 0 Å². The van der Waals surface area contributed by atoms with Gasteiger partial charge in [0.05, 0.1) is 6.10 Å². The van der Waals surface area contributed by atoms with Gasteiger partial charge in [-0.1, -0.05) is 19.5 Å². The van der Waals surface area contributed by atoms with Crippen molar-refractivity contribution in [3.05, 3.63) is 58.6 Å². The number of benzene rings is 1. The van der Waals surface area contributed by atoms with Crippen molar-refractivity contribution in [3.8, 4) is 0 Å². The number of aliphatic hydroxyl groups is 1. The molecule has 1 saturated heterocycles. The minimum atomic E-state index is -0.732. The Morgan fingerprint density at radius 1 is 1.42 bits per heavy atom. The maximum absolute atomic E-state index is 12.3. The molecule has 2 heterocycles. The van der Waals surface area contributed by atoms with Crippen LogP contribution in [0.15, 0.2) is 40.2 Å². The van der Waals surface area contributed by atoms with Gasteiger partial charge in [-0.2, -0.15) is 30.5 Å². The maximum atomic E-state index is 12.3. The van der Waals surface area contributed by atoms with Gasteiger partial charge >= 0.3 is 5.69 Å². The van der Waals surface area contributed by atoms with E-state index in [0.717, 1.165) is 6.42 Å². The van der Waals surface area contributed by atoms with Crippen LogP contribution in [0.3, 0.4) is 0 Å². The molecule has 0 spiro atoms. The monoisotopic (exact) mass is 402 g/mol. The average molecular weight is 402 g/mol. The molecule has 4 atom stereocenters. The number of hydrogen-bond acceptors (Lipinski definition) is 4. The summed E-state index contributed by atoms with van der Waals surface area (Å²) in [6.45, 7) is 3.92. The molecule has 2 N–H and O–H groups in total. The van der Waals surface area contributed by atoms with E-state index in [0.29, 0.717) is 11.2 Å². The summed E-state index contributed by atoms with van der Waals surface area (Å²) >= 11 is 0. The van der Waals surface area contributed by atoms with Crippen LogP contribution in [0.4, 0.5) is 5.69 Å². The molecule has 1 aromatic heterocycles. The topological polar surface area (TPSA) is 79.6 Å². The van der Waals surface area contributed by atoms with Gasteiger partial charge in [0.15, 0.2) is 6.23 Å². The molecule has 24 heavy (non-hydrogen) atoms. The number of nitrogens with zero attached hydrogens (tertiary/aromatic N) is 2. The van der Waals surface area contributed by atoms with Crippen LogP contribution in [0.2, 0.25) is 0 Å². The number of H-pyrrole nitrogens is 1. The van der Waals surface area contributed by atoms with E-state index in [-0.39, 0.29) is 44.7 Å². The number of nitrogens with one attached hydrogen (secondary N) is 1. The summed E-state index contributed by atoms with van der Waals surface area (Å²) in [5, 5.41) is 10.3. The molecule has 7 heteroatoms. The minimum Gasteiger partial charge on any atom is -0.410 e. The SMILES string of the molecule is CC[C@H]1O[C@@H](n2c[c-]c(=Nc3[c-]cccc3)[nH]c2=O)[C@@H](O)C1C.[Y]. The van der Waals surface area contributed by atoms with Crippen LogP contribution in [-0.4, -0.2) is 26.9 Å². The van der Waals surface area contributed by atoms with Gasteiger partial charge in [-0.25, -0.2) is 4.79 Å². The first-order valence-corrected chi connectivity index (χ1v) is 7.68. The predicted molar refractivity (Wildman–Crippen MR) is 83.8 cm³/mol. The molecule has 0 amide bonds. The standard InChI is InChI=1S/C17H19N3O3.Y/c1-3-13-11(2)15(21)16(23-13)20-10-9-14(19-17(20)22)18-12-7-5-4-6-8-12;/h4-7,10-11,13,15-16,21H,3H2,1-2H3,(H,18,19,22);/q-2;/t11?,13-,15+,16-;/m1./s1. The molecular weight excluding hydrogens is 383 g/mol. The smallest absolute Gasteiger partial charge is 0.324 e. The van der Waals surface area contributed by atoms with E-state index >= 15 is 0 Å². The van der Waals surface area contributed by atoms with Crippen molar-refractivity contribution in [2.45, 2.75) is 38.7 Å². The Labute approximate surface area is 165 Å². The van der Waals surface area contributed by atoms with E-state index < -0.39 is 18.0 Å². The second-order valence-corrected chi connectivity index (χ2v) is 5.64. The molecule has 3 rings (SSSR count). The molecule has 1 aliphatic heterocycles. The summed E-state index contributed by atoms with van der Waals surface area (Å²) in [4.78, 5) is 19.2. The molecule has 0 bridgehead atoms. The summed E-state index contributed by atoms with van der Waals surface area (Å²) in [6.07, 6.45) is 0.759. The van der Waals surface area contributed by atoms with Crippen molar-refractivity contribution < 1.29 is 42.6 Å². The molecule has 1 aromatic carbocycles. The van der Waals surface area contributed by atoms with Crippen molar-refractivity contribution >= 4 is 5.69 Å². The molecule has 1 fully saturated rings. The van der Waals surface area contributed by atoms with Crippen LogP contribution in [0.1, 0.15) is 26.5 Å². The zero-order chi connectivity index (χ0) is 16.4. The van der Waals surface area contributed by atoms with Crippen LogP contribution in [0.5, 0.6) is 0 Å². The Bertz CT molecular complexity index is 787. The summed E-state index contributed by atoms with van der Waals surface area (Å²) in [7, 11) is 0. The fourth-order valence-electron chi connectivity index (χ4n) is 2.78. The van der Waals surface area contributed by atoms with Gasteiger partial charge in [0, 0.05) is 38.6 Å². The summed E-state index contributed by atoms with van der Waals surface area (Å²) < 4.78 is 7.12. The van der Waals surface area contributed by atoms with Gasteiger partial charge in [-0.15, -0.1) is 6.07 Å². The molecule has 2 aromatic rings.